The van der Waals surface area contributed by atoms with Crippen LogP contribution >= 0.6 is 0 Å². The highest BCUT2D eigenvalue weighted by atomic mass is 16.6. The first-order valence-corrected chi connectivity index (χ1v) is 6.58. The van der Waals surface area contributed by atoms with Gasteiger partial charge in [-0.25, -0.2) is 4.98 Å². The number of nitrogens with two attached hydrogens (primary N) is 1. The van der Waals surface area contributed by atoms with Crippen molar-refractivity contribution in [2.75, 3.05) is 18.1 Å². The number of aliphatic hydroxyl groups excluding tert-OH is 1. The summed E-state index contributed by atoms with van der Waals surface area (Å²) in [6.07, 6.45) is 4.21. The number of aromatic nitrogens is 1. The van der Waals surface area contributed by atoms with Crippen LogP contribution in [0.1, 0.15) is 24.8 Å². The average Bonchev–Trinajstić information content (AvgIpc) is 2.43. The van der Waals surface area contributed by atoms with Crippen molar-refractivity contribution < 1.29 is 15.2 Å². The van der Waals surface area contributed by atoms with Crippen molar-refractivity contribution in [3.63, 3.8) is 0 Å². The number of pyridine rings is 1. The minimum Gasteiger partial charge on any atom is -0.409 e. The molecule has 1 aliphatic rings. The number of aliphatic hydroxyl groups is 1. The van der Waals surface area contributed by atoms with Gasteiger partial charge in [-0.1, -0.05) is 5.16 Å². The minimum atomic E-state index is -0.556. The molecule has 0 atom stereocenters. The summed E-state index contributed by atoms with van der Waals surface area (Å²) < 4.78 is 0. The van der Waals surface area contributed by atoms with Crippen molar-refractivity contribution in [2.45, 2.75) is 25.3 Å². The van der Waals surface area contributed by atoms with Gasteiger partial charge in [-0.05, 0) is 19.3 Å². The topological polar surface area (TPSA) is 138 Å². The molecule has 0 saturated heterocycles. The SMILES string of the molecule is NC(=NO)c1cnc(N(CCO)C2CCC2)c([N+](=O)[O-])c1. The maximum absolute atomic E-state index is 11.3. The van der Waals surface area contributed by atoms with Gasteiger partial charge >= 0.3 is 5.69 Å². The van der Waals surface area contributed by atoms with Crippen molar-refractivity contribution in [3.8, 4) is 0 Å². The lowest BCUT2D eigenvalue weighted by molar-refractivity contribution is -0.384. The van der Waals surface area contributed by atoms with Gasteiger partial charge in [0, 0.05) is 30.4 Å². The number of rotatable bonds is 6. The first kappa shape index (κ1) is 15.0. The van der Waals surface area contributed by atoms with Crippen LogP contribution in [0.5, 0.6) is 0 Å². The number of nitrogens with zero attached hydrogens (tertiary/aromatic N) is 4. The molecule has 21 heavy (non-hydrogen) atoms. The summed E-state index contributed by atoms with van der Waals surface area (Å²) in [5, 5.41) is 31.9. The van der Waals surface area contributed by atoms with Crippen LogP contribution in [0.25, 0.3) is 0 Å². The van der Waals surface area contributed by atoms with Gasteiger partial charge in [-0.3, -0.25) is 10.1 Å². The van der Waals surface area contributed by atoms with Crippen LogP contribution in [-0.2, 0) is 0 Å². The lowest BCUT2D eigenvalue weighted by Crippen LogP contribution is -2.42. The van der Waals surface area contributed by atoms with E-state index in [1.165, 1.54) is 12.3 Å². The molecule has 1 aromatic heterocycles. The second kappa shape index (κ2) is 6.35. The van der Waals surface area contributed by atoms with E-state index in [1.54, 1.807) is 4.90 Å². The minimum absolute atomic E-state index is 0.114. The molecular formula is C12H17N5O4. The third kappa shape index (κ3) is 3.02. The molecule has 1 heterocycles. The molecule has 0 aliphatic heterocycles. The Balaban J connectivity index is 2.43. The number of hydrogen-bond donors (Lipinski definition) is 3. The quantitative estimate of drug-likeness (QED) is 0.227. The van der Waals surface area contributed by atoms with Gasteiger partial charge in [0.15, 0.2) is 5.84 Å². The number of nitro groups is 1. The van der Waals surface area contributed by atoms with E-state index in [4.69, 9.17) is 16.0 Å². The van der Waals surface area contributed by atoms with Gasteiger partial charge in [0.2, 0.25) is 5.82 Å². The molecule has 9 heteroatoms. The molecule has 9 nitrogen and oxygen atoms in total. The standard InChI is InChI=1S/C12H17N5O4/c13-11(15-19)8-6-10(17(20)21)12(14-7-8)16(4-5-18)9-2-1-3-9/h6-7,9,18-19H,1-5H2,(H2,13,15). The van der Waals surface area contributed by atoms with Gasteiger partial charge in [0.25, 0.3) is 0 Å². The molecule has 1 saturated carbocycles. The van der Waals surface area contributed by atoms with Crippen LogP contribution in [-0.4, -0.2) is 45.3 Å². The van der Waals surface area contributed by atoms with E-state index in [2.05, 4.69) is 10.1 Å². The third-order valence-corrected chi connectivity index (χ3v) is 3.58. The lowest BCUT2D eigenvalue weighted by atomic mass is 9.91. The van der Waals surface area contributed by atoms with Gasteiger partial charge in [-0.2, -0.15) is 0 Å². The van der Waals surface area contributed by atoms with Crippen LogP contribution < -0.4 is 10.6 Å². The molecule has 114 valence electrons. The van der Waals surface area contributed by atoms with E-state index in [0.717, 1.165) is 19.3 Å². The Labute approximate surface area is 120 Å². The monoisotopic (exact) mass is 295 g/mol. The second-order valence-electron chi connectivity index (χ2n) is 4.81. The maximum Gasteiger partial charge on any atom is 0.312 e. The number of oxime groups is 1. The molecule has 0 amide bonds. The smallest absolute Gasteiger partial charge is 0.312 e. The zero-order chi connectivity index (χ0) is 15.4. The molecule has 0 aromatic carbocycles. The Kier molecular flexibility index (Phi) is 4.53. The fraction of sp³-hybridized carbons (Fsp3) is 0.500. The summed E-state index contributed by atoms with van der Waals surface area (Å²) in [6, 6.07) is 1.37. The number of amidine groups is 1. The van der Waals surface area contributed by atoms with E-state index < -0.39 is 4.92 Å². The molecule has 1 aromatic rings. The van der Waals surface area contributed by atoms with Crippen molar-refractivity contribution in [2.24, 2.45) is 10.9 Å². The zero-order valence-corrected chi connectivity index (χ0v) is 11.3. The van der Waals surface area contributed by atoms with Crippen LogP contribution in [0.15, 0.2) is 17.4 Å². The van der Waals surface area contributed by atoms with Crippen molar-refractivity contribution in [1.29, 1.82) is 0 Å². The molecule has 0 unspecified atom stereocenters. The number of anilines is 1. The first-order valence-electron chi connectivity index (χ1n) is 6.58. The lowest BCUT2D eigenvalue weighted by Gasteiger charge is -2.37. The highest BCUT2D eigenvalue weighted by Gasteiger charge is 2.31. The van der Waals surface area contributed by atoms with Gasteiger partial charge in [-0.15, -0.1) is 0 Å². The van der Waals surface area contributed by atoms with Crippen molar-refractivity contribution >= 4 is 17.3 Å². The molecule has 1 fully saturated rings. The van der Waals surface area contributed by atoms with E-state index in [-0.39, 0.29) is 42.1 Å². The summed E-state index contributed by atoms with van der Waals surface area (Å²) >= 11 is 0. The fourth-order valence-electron chi connectivity index (χ4n) is 2.27. The zero-order valence-electron chi connectivity index (χ0n) is 11.3. The highest BCUT2D eigenvalue weighted by molar-refractivity contribution is 5.97. The van der Waals surface area contributed by atoms with Gasteiger partial charge in [0.1, 0.15) is 0 Å². The van der Waals surface area contributed by atoms with Crippen LogP contribution in [0, 0.1) is 10.1 Å². The fourth-order valence-corrected chi connectivity index (χ4v) is 2.27. The summed E-state index contributed by atoms with van der Waals surface area (Å²) in [4.78, 5) is 16.5. The molecule has 0 radical (unpaired) electrons. The molecule has 2 rings (SSSR count). The third-order valence-electron chi connectivity index (χ3n) is 3.58. The summed E-state index contributed by atoms with van der Waals surface area (Å²) in [6.45, 7) is 0.165. The van der Waals surface area contributed by atoms with E-state index in [9.17, 15) is 10.1 Å². The second-order valence-corrected chi connectivity index (χ2v) is 4.81. The molecular weight excluding hydrogens is 278 g/mol. The Morgan fingerprint density at radius 2 is 2.33 bits per heavy atom. The number of hydrogen-bond acceptors (Lipinski definition) is 7. The molecule has 4 N–H and O–H groups in total. The average molecular weight is 295 g/mol. The van der Waals surface area contributed by atoms with Crippen molar-refractivity contribution in [1.82, 2.24) is 4.98 Å². The predicted molar refractivity (Wildman–Crippen MR) is 75.5 cm³/mol. The van der Waals surface area contributed by atoms with E-state index >= 15 is 0 Å². The van der Waals surface area contributed by atoms with Crippen molar-refractivity contribution in [3.05, 3.63) is 27.9 Å². The Morgan fingerprint density at radius 3 is 2.81 bits per heavy atom. The predicted octanol–water partition coefficient (Wildman–Crippen LogP) is 0.435. The van der Waals surface area contributed by atoms with E-state index in [0.29, 0.717) is 0 Å². The largest absolute Gasteiger partial charge is 0.409 e. The van der Waals surface area contributed by atoms with Gasteiger partial charge in [0.05, 0.1) is 11.5 Å². The molecule has 0 spiro atoms. The summed E-state index contributed by atoms with van der Waals surface area (Å²) in [5.41, 5.74) is 5.38. The molecule has 1 aliphatic carbocycles. The Hall–Kier alpha value is -2.42. The van der Waals surface area contributed by atoms with Crippen LogP contribution in [0.3, 0.4) is 0 Å². The van der Waals surface area contributed by atoms with Crippen LogP contribution in [0.2, 0.25) is 0 Å². The van der Waals surface area contributed by atoms with Gasteiger partial charge < -0.3 is 20.9 Å². The van der Waals surface area contributed by atoms with Crippen LogP contribution in [0.4, 0.5) is 11.5 Å². The normalized spacial score (nSPS) is 15.6. The Bertz CT molecular complexity index is 559. The Morgan fingerprint density at radius 1 is 1.62 bits per heavy atom. The molecule has 0 bridgehead atoms. The maximum atomic E-state index is 11.3. The summed E-state index contributed by atoms with van der Waals surface area (Å²) in [7, 11) is 0. The summed E-state index contributed by atoms with van der Waals surface area (Å²) in [5.74, 6) is -0.0391. The van der Waals surface area contributed by atoms with E-state index in [1.807, 2.05) is 0 Å². The highest BCUT2D eigenvalue weighted by Crippen LogP contribution is 2.33. The first-order chi connectivity index (χ1) is 10.1.